The number of halogens is 1. The summed E-state index contributed by atoms with van der Waals surface area (Å²) in [7, 11) is 0. The number of ether oxygens (including phenoxy) is 1. The molecule has 0 aliphatic rings. The van der Waals surface area contributed by atoms with Gasteiger partial charge in [-0.05, 0) is 60.2 Å². The summed E-state index contributed by atoms with van der Waals surface area (Å²) in [5.74, 6) is 1.29. The Bertz CT molecular complexity index is 1650. The monoisotopic (exact) mass is 460 g/mol. The van der Waals surface area contributed by atoms with E-state index < -0.39 is 0 Å². The summed E-state index contributed by atoms with van der Waals surface area (Å²) in [6.45, 7) is 0. The molecule has 5 aromatic carbocycles. The number of nitrogens with zero attached hydrogens (tertiary/aromatic N) is 1. The molecule has 0 spiro atoms. The molecule has 0 radical (unpaired) electrons. The van der Waals surface area contributed by atoms with Crippen LogP contribution in [-0.4, -0.2) is 4.57 Å². The minimum absolute atomic E-state index is 0.564. The summed E-state index contributed by atoms with van der Waals surface area (Å²) in [6, 6.07) is 38.5. The van der Waals surface area contributed by atoms with Crippen LogP contribution >= 0.6 is 11.6 Å². The summed E-state index contributed by atoms with van der Waals surface area (Å²) in [5, 5.41) is 2.89. The molecule has 0 unspecified atom stereocenters. The van der Waals surface area contributed by atoms with Gasteiger partial charge in [-0.2, -0.15) is 0 Å². The average molecular weight is 461 g/mol. The highest BCUT2D eigenvalue weighted by Gasteiger charge is 2.17. The molecule has 164 valence electrons. The Balaban J connectivity index is 1.59. The van der Waals surface area contributed by atoms with Crippen molar-refractivity contribution in [1.29, 1.82) is 0 Å². The molecule has 1 heterocycles. The van der Waals surface area contributed by atoms with Gasteiger partial charge in [0.05, 0.1) is 16.1 Å². The zero-order valence-electron chi connectivity index (χ0n) is 18.3. The second-order valence-corrected chi connectivity index (χ2v) is 8.58. The van der Waals surface area contributed by atoms with Crippen molar-refractivity contribution in [3.8, 4) is 28.3 Å². The van der Waals surface area contributed by atoms with Crippen molar-refractivity contribution in [3.63, 3.8) is 0 Å². The summed E-state index contributed by atoms with van der Waals surface area (Å²) < 4.78 is 8.41. The Kier molecular flexibility index (Phi) is 4.97. The lowest BCUT2D eigenvalue weighted by atomic mass is 9.98. The summed E-state index contributed by atoms with van der Waals surface area (Å²) in [5.41, 5.74) is 12.6. The Morgan fingerprint density at radius 2 is 1.38 bits per heavy atom. The molecular formula is C30H21ClN2O. The van der Waals surface area contributed by atoms with Crippen LogP contribution in [0, 0.1) is 0 Å². The fraction of sp³-hybridized carbons (Fsp3) is 0. The van der Waals surface area contributed by atoms with Crippen LogP contribution in [0.4, 0.5) is 5.69 Å². The second kappa shape index (κ2) is 8.29. The van der Waals surface area contributed by atoms with E-state index in [1.54, 1.807) is 0 Å². The number of nitrogens with two attached hydrogens (primary N) is 1. The number of benzene rings is 5. The van der Waals surface area contributed by atoms with Gasteiger partial charge in [0.25, 0.3) is 0 Å². The lowest BCUT2D eigenvalue weighted by Gasteiger charge is -2.13. The Labute approximate surface area is 202 Å². The molecule has 34 heavy (non-hydrogen) atoms. The van der Waals surface area contributed by atoms with Crippen molar-refractivity contribution >= 4 is 39.1 Å². The molecule has 0 bridgehead atoms. The van der Waals surface area contributed by atoms with Gasteiger partial charge < -0.3 is 15.0 Å². The molecule has 0 amide bonds. The number of rotatable bonds is 4. The summed E-state index contributed by atoms with van der Waals surface area (Å²) >= 11 is 6.31. The molecular weight excluding hydrogens is 440 g/mol. The minimum Gasteiger partial charge on any atom is -0.456 e. The zero-order chi connectivity index (χ0) is 23.1. The Morgan fingerprint density at radius 1 is 0.647 bits per heavy atom. The zero-order valence-corrected chi connectivity index (χ0v) is 19.0. The average Bonchev–Trinajstić information content (AvgIpc) is 3.22. The number of anilines is 1. The molecule has 0 saturated carbocycles. The Hall–Kier alpha value is -4.21. The van der Waals surface area contributed by atoms with Crippen LogP contribution in [0.2, 0.25) is 5.02 Å². The molecule has 6 aromatic rings. The van der Waals surface area contributed by atoms with Gasteiger partial charge in [0.1, 0.15) is 11.5 Å². The third-order valence-corrected chi connectivity index (χ3v) is 6.40. The molecule has 4 heteroatoms. The van der Waals surface area contributed by atoms with E-state index in [1.165, 1.54) is 5.39 Å². The van der Waals surface area contributed by atoms with Crippen LogP contribution in [0.15, 0.2) is 115 Å². The van der Waals surface area contributed by atoms with Gasteiger partial charge in [0, 0.05) is 27.7 Å². The smallest absolute Gasteiger partial charge is 0.146 e. The predicted molar refractivity (Wildman–Crippen MR) is 142 cm³/mol. The first-order valence-electron chi connectivity index (χ1n) is 11.1. The SMILES string of the molecule is Nc1ccc(Oc2ccccc2Cl)cc1-c1cccc2c1c1ccccc1n2-c1ccccc1. The first-order valence-corrected chi connectivity index (χ1v) is 11.5. The van der Waals surface area contributed by atoms with E-state index in [9.17, 15) is 0 Å². The maximum atomic E-state index is 6.51. The second-order valence-electron chi connectivity index (χ2n) is 8.17. The van der Waals surface area contributed by atoms with Crippen LogP contribution in [-0.2, 0) is 0 Å². The van der Waals surface area contributed by atoms with Crippen molar-refractivity contribution in [1.82, 2.24) is 4.57 Å². The van der Waals surface area contributed by atoms with Gasteiger partial charge >= 0.3 is 0 Å². The molecule has 3 nitrogen and oxygen atoms in total. The van der Waals surface area contributed by atoms with E-state index in [0.29, 0.717) is 22.2 Å². The third-order valence-electron chi connectivity index (χ3n) is 6.09. The molecule has 0 saturated heterocycles. The largest absolute Gasteiger partial charge is 0.456 e. The first-order chi connectivity index (χ1) is 16.7. The highest BCUT2D eigenvalue weighted by Crippen LogP contribution is 2.41. The van der Waals surface area contributed by atoms with Gasteiger partial charge in [-0.1, -0.05) is 72.3 Å². The van der Waals surface area contributed by atoms with Crippen LogP contribution in [0.25, 0.3) is 38.6 Å². The van der Waals surface area contributed by atoms with E-state index in [1.807, 2.05) is 48.5 Å². The quantitative estimate of drug-likeness (QED) is 0.268. The highest BCUT2D eigenvalue weighted by molar-refractivity contribution is 6.32. The van der Waals surface area contributed by atoms with E-state index in [2.05, 4.69) is 71.3 Å². The van der Waals surface area contributed by atoms with Crippen LogP contribution < -0.4 is 10.5 Å². The normalized spacial score (nSPS) is 11.2. The van der Waals surface area contributed by atoms with E-state index >= 15 is 0 Å². The van der Waals surface area contributed by atoms with E-state index in [-0.39, 0.29) is 0 Å². The van der Waals surface area contributed by atoms with Crippen molar-refractivity contribution < 1.29 is 4.74 Å². The van der Waals surface area contributed by atoms with Crippen molar-refractivity contribution in [2.24, 2.45) is 0 Å². The van der Waals surface area contributed by atoms with Gasteiger partial charge in [0.15, 0.2) is 0 Å². The van der Waals surface area contributed by atoms with Gasteiger partial charge in [0.2, 0.25) is 0 Å². The van der Waals surface area contributed by atoms with E-state index in [0.717, 1.165) is 33.2 Å². The molecule has 0 aliphatic heterocycles. The number of hydrogen-bond acceptors (Lipinski definition) is 2. The number of aromatic nitrogens is 1. The summed E-state index contributed by atoms with van der Waals surface area (Å²) in [6.07, 6.45) is 0. The topological polar surface area (TPSA) is 40.2 Å². The molecule has 0 aliphatic carbocycles. The first kappa shape index (κ1) is 20.4. The molecule has 0 fully saturated rings. The highest BCUT2D eigenvalue weighted by atomic mass is 35.5. The fourth-order valence-corrected chi connectivity index (χ4v) is 4.76. The van der Waals surface area contributed by atoms with Crippen molar-refractivity contribution in [3.05, 3.63) is 120 Å². The van der Waals surface area contributed by atoms with Crippen LogP contribution in [0.1, 0.15) is 0 Å². The number of hydrogen-bond donors (Lipinski definition) is 1. The minimum atomic E-state index is 0.564. The van der Waals surface area contributed by atoms with Crippen molar-refractivity contribution in [2.75, 3.05) is 5.73 Å². The molecule has 1 aromatic heterocycles. The van der Waals surface area contributed by atoms with Crippen LogP contribution in [0.3, 0.4) is 0 Å². The van der Waals surface area contributed by atoms with Gasteiger partial charge in [-0.25, -0.2) is 0 Å². The van der Waals surface area contributed by atoms with Gasteiger partial charge in [-0.3, -0.25) is 0 Å². The maximum Gasteiger partial charge on any atom is 0.146 e. The predicted octanol–water partition coefficient (Wildman–Crippen LogP) is 8.48. The summed E-state index contributed by atoms with van der Waals surface area (Å²) in [4.78, 5) is 0. The molecule has 0 atom stereocenters. The third kappa shape index (κ3) is 3.38. The van der Waals surface area contributed by atoms with Gasteiger partial charge in [-0.15, -0.1) is 0 Å². The number of fused-ring (bicyclic) bond motifs is 3. The van der Waals surface area contributed by atoms with Crippen LogP contribution in [0.5, 0.6) is 11.5 Å². The van der Waals surface area contributed by atoms with Crippen molar-refractivity contribution in [2.45, 2.75) is 0 Å². The van der Waals surface area contributed by atoms with E-state index in [4.69, 9.17) is 22.1 Å². The Morgan fingerprint density at radius 3 is 2.24 bits per heavy atom. The molecule has 2 N–H and O–H groups in total. The maximum absolute atomic E-state index is 6.51. The number of nitrogen functional groups attached to an aromatic ring is 1. The number of para-hydroxylation sites is 3. The fourth-order valence-electron chi connectivity index (χ4n) is 4.59. The standard InChI is InChI=1S/C30H21ClN2O/c31-25-13-5-7-16-29(25)34-21-17-18-26(32)24(19-21)22-12-8-15-28-30(22)23-11-4-6-14-27(23)33(28)20-9-2-1-3-10-20/h1-19H,32H2. The lowest BCUT2D eigenvalue weighted by Crippen LogP contribution is -1.94. The lowest BCUT2D eigenvalue weighted by molar-refractivity contribution is 0.483. The molecule has 6 rings (SSSR count).